The summed E-state index contributed by atoms with van der Waals surface area (Å²) in [5.41, 5.74) is 10.5. The van der Waals surface area contributed by atoms with Crippen LogP contribution in [-0.2, 0) is 38.7 Å². The van der Waals surface area contributed by atoms with Crippen LogP contribution in [-0.4, -0.2) is 11.9 Å². The van der Waals surface area contributed by atoms with Crippen LogP contribution in [0, 0.1) is 0 Å². The van der Waals surface area contributed by atoms with E-state index in [9.17, 15) is 9.59 Å². The molecule has 0 atom stereocenters. The van der Waals surface area contributed by atoms with Crippen LogP contribution in [0.1, 0.15) is 41.2 Å². The van der Waals surface area contributed by atoms with E-state index < -0.39 is 11.9 Å². The maximum Gasteiger partial charge on any atom is 0.333 e. The molecule has 5 heteroatoms. The van der Waals surface area contributed by atoms with Crippen molar-refractivity contribution in [2.75, 3.05) is 4.90 Å². The van der Waals surface area contributed by atoms with Crippen LogP contribution in [0.25, 0.3) is 22.4 Å². The Labute approximate surface area is 245 Å². The first-order chi connectivity index (χ1) is 20.4. The highest BCUT2D eigenvalue weighted by atomic mass is 16.5. The molecule has 2 aliphatic rings. The second-order valence-corrected chi connectivity index (χ2v) is 10.6. The van der Waals surface area contributed by atoms with Gasteiger partial charge >= 0.3 is 11.9 Å². The molecule has 208 valence electrons. The molecular weight excluding hydrogens is 522 g/mol. The molecule has 0 spiro atoms. The molecule has 42 heavy (non-hydrogen) atoms. The first kappa shape index (κ1) is 27.0. The number of carbonyl (C=O) groups is 2. The fourth-order valence-electron chi connectivity index (χ4n) is 5.62. The zero-order valence-corrected chi connectivity index (χ0v) is 23.6. The zero-order valence-electron chi connectivity index (χ0n) is 23.6. The van der Waals surface area contributed by atoms with Gasteiger partial charge in [0, 0.05) is 23.0 Å². The molecule has 0 saturated heterocycles. The van der Waals surface area contributed by atoms with E-state index in [1.165, 1.54) is 39.1 Å². The number of esters is 2. The van der Waals surface area contributed by atoms with E-state index in [0.717, 1.165) is 41.0 Å². The van der Waals surface area contributed by atoms with Crippen molar-refractivity contribution >= 4 is 51.4 Å². The van der Waals surface area contributed by atoms with E-state index in [4.69, 9.17) is 9.47 Å². The van der Waals surface area contributed by atoms with Crippen molar-refractivity contribution in [3.63, 3.8) is 0 Å². The first-order valence-electron chi connectivity index (χ1n) is 14.0. The van der Waals surface area contributed by atoms with E-state index in [1.54, 1.807) is 6.92 Å². The van der Waals surface area contributed by atoms with Gasteiger partial charge in [0.1, 0.15) is 13.2 Å². The Hall–Kier alpha value is -5.16. The molecule has 5 nitrogen and oxygen atoms in total. The molecule has 0 bridgehead atoms. The van der Waals surface area contributed by atoms with Gasteiger partial charge in [0.15, 0.2) is 0 Å². The maximum atomic E-state index is 11.9. The van der Waals surface area contributed by atoms with E-state index in [-0.39, 0.29) is 13.2 Å². The van der Waals surface area contributed by atoms with E-state index >= 15 is 0 Å². The number of hydrogen-bond donors (Lipinski definition) is 0. The molecular formula is C37H31NO4. The van der Waals surface area contributed by atoms with Crippen molar-refractivity contribution in [2.45, 2.75) is 33.0 Å². The van der Waals surface area contributed by atoms with Gasteiger partial charge in [-0.25, -0.2) is 9.59 Å². The number of allylic oxidation sites excluding steroid dienone is 3. The summed E-state index contributed by atoms with van der Waals surface area (Å²) >= 11 is 0. The average Bonchev–Trinajstić information content (AvgIpc) is 3.03. The van der Waals surface area contributed by atoms with Crippen molar-refractivity contribution in [1.82, 2.24) is 0 Å². The third-order valence-corrected chi connectivity index (χ3v) is 7.71. The molecule has 0 saturated carbocycles. The summed E-state index contributed by atoms with van der Waals surface area (Å²) in [5.74, 6) is -0.851. The molecule has 0 N–H and O–H groups in total. The summed E-state index contributed by atoms with van der Waals surface area (Å²) < 4.78 is 10.6. The summed E-state index contributed by atoms with van der Waals surface area (Å²) in [6.07, 6.45) is 9.79. The van der Waals surface area contributed by atoms with Crippen LogP contribution >= 0.6 is 0 Å². The fourth-order valence-corrected chi connectivity index (χ4v) is 5.62. The van der Waals surface area contributed by atoms with Crippen LogP contribution in [0.15, 0.2) is 110 Å². The number of nitrogens with zero attached hydrogens (tertiary/aromatic N) is 1. The second-order valence-electron chi connectivity index (χ2n) is 10.6. The third-order valence-electron chi connectivity index (χ3n) is 7.71. The van der Waals surface area contributed by atoms with Gasteiger partial charge in [0.25, 0.3) is 0 Å². The molecule has 4 aromatic carbocycles. The minimum absolute atomic E-state index is 0.178. The largest absolute Gasteiger partial charge is 0.458 e. The van der Waals surface area contributed by atoms with Gasteiger partial charge in [-0.3, -0.25) is 0 Å². The second kappa shape index (κ2) is 11.4. The van der Waals surface area contributed by atoms with Gasteiger partial charge in [-0.1, -0.05) is 73.9 Å². The van der Waals surface area contributed by atoms with Crippen molar-refractivity contribution in [2.24, 2.45) is 0 Å². The van der Waals surface area contributed by atoms with Crippen LogP contribution in [0.3, 0.4) is 0 Å². The third kappa shape index (κ3) is 5.17. The van der Waals surface area contributed by atoms with Gasteiger partial charge in [-0.05, 0) is 94.3 Å². The quantitative estimate of drug-likeness (QED) is 0.154. The van der Waals surface area contributed by atoms with Gasteiger partial charge in [0.05, 0.1) is 5.69 Å². The summed E-state index contributed by atoms with van der Waals surface area (Å²) in [6, 6.07) is 24.9. The Balaban J connectivity index is 1.42. The predicted octanol–water partition coefficient (Wildman–Crippen LogP) is 8.51. The van der Waals surface area contributed by atoms with Gasteiger partial charge in [-0.2, -0.15) is 0 Å². The first-order valence-corrected chi connectivity index (χ1v) is 14.0. The monoisotopic (exact) mass is 553 g/mol. The number of anilines is 3. The molecule has 0 fully saturated rings. The van der Waals surface area contributed by atoms with Crippen molar-refractivity contribution in [3.8, 4) is 0 Å². The van der Waals surface area contributed by atoms with Crippen LogP contribution in [0.5, 0.6) is 0 Å². The predicted molar refractivity (Wildman–Crippen MR) is 169 cm³/mol. The Morgan fingerprint density at radius 1 is 0.857 bits per heavy atom. The van der Waals surface area contributed by atoms with Gasteiger partial charge in [0.2, 0.25) is 0 Å². The fraction of sp³-hybridized carbons (Fsp3) is 0.135. The lowest BCUT2D eigenvalue weighted by Gasteiger charge is -2.31. The average molecular weight is 554 g/mol. The molecule has 0 heterocycles. The molecule has 0 amide bonds. The van der Waals surface area contributed by atoms with E-state index in [2.05, 4.69) is 60.6 Å². The lowest BCUT2D eigenvalue weighted by atomic mass is 9.81. The number of benzene rings is 4. The Bertz CT molecular complexity index is 1790. The standard InChI is InChI=1S/C37H31NO4/c1-4-34(39)41-22-25-8-16-30(17-9-25)38(31-18-10-26(11-19-31)23-42-37(40)24(2)3)33-21-15-29-13-12-27-6-5-7-28-14-20-32(33)36(29)35(27)28/h4-6,8-19,21H,1-2,7,20,22-23H2,3H3. The normalized spacial score (nSPS) is 12.8. The molecule has 2 aliphatic carbocycles. The van der Waals surface area contributed by atoms with Gasteiger partial charge < -0.3 is 14.4 Å². The maximum absolute atomic E-state index is 11.9. The summed E-state index contributed by atoms with van der Waals surface area (Å²) in [7, 11) is 0. The van der Waals surface area contributed by atoms with E-state index in [1.807, 2.05) is 48.5 Å². The van der Waals surface area contributed by atoms with Crippen LogP contribution < -0.4 is 4.90 Å². The minimum atomic E-state index is -0.449. The molecule has 0 aliphatic heterocycles. The summed E-state index contributed by atoms with van der Waals surface area (Å²) in [4.78, 5) is 25.7. The zero-order chi connectivity index (χ0) is 29.2. The van der Waals surface area contributed by atoms with Crippen LogP contribution in [0.4, 0.5) is 17.1 Å². The lowest BCUT2D eigenvalue weighted by molar-refractivity contribution is -0.140. The van der Waals surface area contributed by atoms with Crippen molar-refractivity contribution in [1.29, 1.82) is 0 Å². The highest BCUT2D eigenvalue weighted by molar-refractivity contribution is 6.05. The number of ether oxygens (including phenoxy) is 2. The van der Waals surface area contributed by atoms with Crippen molar-refractivity contribution in [3.05, 3.63) is 138 Å². The topological polar surface area (TPSA) is 55.8 Å². The SMILES string of the molecule is C=CC(=O)OCc1ccc(N(c2ccc(COC(=O)C(=C)C)cc2)c2ccc3ccc4c5c3c2CC=C5CC=C4)cc1. The molecule has 0 unspecified atom stereocenters. The van der Waals surface area contributed by atoms with Crippen molar-refractivity contribution < 1.29 is 19.1 Å². The molecule has 6 rings (SSSR count). The number of rotatable bonds is 9. The Morgan fingerprint density at radius 3 is 2.14 bits per heavy atom. The Kier molecular flexibility index (Phi) is 7.32. The number of hydrogen-bond acceptors (Lipinski definition) is 5. The summed E-state index contributed by atoms with van der Waals surface area (Å²) in [6.45, 7) is 9.11. The molecule has 0 aromatic heterocycles. The van der Waals surface area contributed by atoms with Crippen LogP contribution in [0.2, 0.25) is 0 Å². The van der Waals surface area contributed by atoms with E-state index in [0.29, 0.717) is 5.57 Å². The highest BCUT2D eigenvalue weighted by Gasteiger charge is 2.24. The number of carbonyl (C=O) groups excluding carboxylic acids is 2. The molecule has 0 radical (unpaired) electrons. The Morgan fingerprint density at radius 2 is 1.50 bits per heavy atom. The smallest absolute Gasteiger partial charge is 0.333 e. The summed E-state index contributed by atoms with van der Waals surface area (Å²) in [5, 5.41) is 2.55. The highest BCUT2D eigenvalue weighted by Crippen LogP contribution is 2.46. The minimum Gasteiger partial charge on any atom is -0.458 e. The molecule has 4 aromatic rings. The van der Waals surface area contributed by atoms with Gasteiger partial charge in [-0.15, -0.1) is 0 Å². The lowest BCUT2D eigenvalue weighted by Crippen LogP contribution is -2.14.